The minimum Gasteiger partial charge on any atom is -0.327 e. The van der Waals surface area contributed by atoms with Crippen LogP contribution in [0.4, 0.5) is 8.78 Å². The van der Waals surface area contributed by atoms with E-state index in [0.29, 0.717) is 10.6 Å². The number of hydrogen-bond acceptors (Lipinski definition) is 1. The first-order chi connectivity index (χ1) is 7.69. The minimum absolute atomic E-state index is 0.0175. The molecule has 0 saturated heterocycles. The molecule has 0 radical (unpaired) electrons. The number of hydrogen-bond donors (Lipinski definition) is 1. The third kappa shape index (κ3) is 3.17. The van der Waals surface area contributed by atoms with Crippen molar-refractivity contribution in [3.63, 3.8) is 0 Å². The van der Waals surface area contributed by atoms with Gasteiger partial charge in [-0.2, -0.15) is 0 Å². The SMILES string of the molecule is CC(C)(C)C(F)(CN)Cc1cc(F)ccc1Cl. The molecule has 0 aliphatic rings. The van der Waals surface area contributed by atoms with Crippen LogP contribution in [-0.4, -0.2) is 12.2 Å². The van der Waals surface area contributed by atoms with E-state index in [4.69, 9.17) is 17.3 Å². The molecule has 2 N–H and O–H groups in total. The Bertz CT molecular complexity index is 401. The van der Waals surface area contributed by atoms with Gasteiger partial charge in [0.2, 0.25) is 0 Å². The number of alkyl halides is 1. The average molecular weight is 262 g/mol. The van der Waals surface area contributed by atoms with Crippen molar-refractivity contribution >= 4 is 11.6 Å². The summed E-state index contributed by atoms with van der Waals surface area (Å²) in [6.45, 7) is 5.19. The Morgan fingerprint density at radius 3 is 2.35 bits per heavy atom. The quantitative estimate of drug-likeness (QED) is 0.881. The molecular weight excluding hydrogens is 244 g/mol. The van der Waals surface area contributed by atoms with E-state index in [1.54, 1.807) is 20.8 Å². The topological polar surface area (TPSA) is 26.0 Å². The van der Waals surface area contributed by atoms with E-state index in [1.807, 2.05) is 0 Å². The second kappa shape index (κ2) is 4.91. The van der Waals surface area contributed by atoms with Crippen LogP contribution in [0.2, 0.25) is 5.02 Å². The molecule has 0 fully saturated rings. The fraction of sp³-hybridized carbons (Fsp3) is 0.538. The number of benzene rings is 1. The van der Waals surface area contributed by atoms with Crippen molar-refractivity contribution in [1.82, 2.24) is 0 Å². The van der Waals surface area contributed by atoms with Crippen molar-refractivity contribution in [2.24, 2.45) is 11.1 Å². The summed E-state index contributed by atoms with van der Waals surface area (Å²) < 4.78 is 27.8. The molecule has 1 atom stereocenters. The standard InChI is InChI=1S/C13H18ClF2N/c1-12(2,3)13(16,8-17)7-9-6-10(15)4-5-11(9)14/h4-6H,7-8,17H2,1-3H3. The van der Waals surface area contributed by atoms with Crippen molar-refractivity contribution in [2.45, 2.75) is 32.9 Å². The second-order valence-electron chi connectivity index (χ2n) is 5.33. The molecule has 1 aromatic rings. The lowest BCUT2D eigenvalue weighted by molar-refractivity contribution is 0.0382. The third-order valence-electron chi connectivity index (χ3n) is 3.15. The molecule has 96 valence electrons. The van der Waals surface area contributed by atoms with E-state index in [1.165, 1.54) is 18.2 Å². The largest absolute Gasteiger partial charge is 0.327 e. The van der Waals surface area contributed by atoms with Crippen LogP contribution in [0.15, 0.2) is 18.2 Å². The molecule has 1 nitrogen and oxygen atoms in total. The molecule has 17 heavy (non-hydrogen) atoms. The van der Waals surface area contributed by atoms with Gasteiger partial charge in [-0.25, -0.2) is 8.78 Å². The van der Waals surface area contributed by atoms with E-state index < -0.39 is 16.9 Å². The highest BCUT2D eigenvalue weighted by Gasteiger charge is 2.41. The lowest BCUT2D eigenvalue weighted by Crippen LogP contribution is -2.47. The molecule has 0 aromatic heterocycles. The van der Waals surface area contributed by atoms with Crippen molar-refractivity contribution in [3.05, 3.63) is 34.6 Å². The van der Waals surface area contributed by atoms with Crippen LogP contribution in [0.3, 0.4) is 0 Å². The minimum atomic E-state index is -1.61. The zero-order chi connectivity index (χ0) is 13.3. The van der Waals surface area contributed by atoms with E-state index >= 15 is 0 Å². The van der Waals surface area contributed by atoms with Gasteiger partial charge in [0.1, 0.15) is 11.5 Å². The van der Waals surface area contributed by atoms with Crippen LogP contribution in [0, 0.1) is 11.2 Å². The lowest BCUT2D eigenvalue weighted by Gasteiger charge is -2.37. The van der Waals surface area contributed by atoms with Crippen LogP contribution in [-0.2, 0) is 6.42 Å². The fourth-order valence-corrected chi connectivity index (χ4v) is 1.81. The highest BCUT2D eigenvalue weighted by Crippen LogP contribution is 2.37. The second-order valence-corrected chi connectivity index (χ2v) is 5.74. The molecule has 0 aliphatic heterocycles. The average Bonchev–Trinajstić information content (AvgIpc) is 2.21. The van der Waals surface area contributed by atoms with Gasteiger partial charge in [-0.15, -0.1) is 0 Å². The molecule has 0 spiro atoms. The summed E-state index contributed by atoms with van der Waals surface area (Å²) in [6.07, 6.45) is 0.0175. The van der Waals surface area contributed by atoms with E-state index in [-0.39, 0.29) is 13.0 Å². The molecule has 0 saturated carbocycles. The van der Waals surface area contributed by atoms with Gasteiger partial charge in [0, 0.05) is 18.0 Å². The maximum atomic E-state index is 14.7. The predicted molar refractivity (Wildman–Crippen MR) is 67.5 cm³/mol. The van der Waals surface area contributed by atoms with Crippen LogP contribution in [0.1, 0.15) is 26.3 Å². The summed E-state index contributed by atoms with van der Waals surface area (Å²) in [4.78, 5) is 0. The highest BCUT2D eigenvalue weighted by molar-refractivity contribution is 6.31. The maximum Gasteiger partial charge on any atom is 0.132 e. The molecule has 1 unspecified atom stereocenters. The Morgan fingerprint density at radius 2 is 1.88 bits per heavy atom. The molecule has 1 aromatic carbocycles. The molecule has 0 aliphatic carbocycles. The summed E-state index contributed by atoms with van der Waals surface area (Å²) >= 11 is 5.94. The summed E-state index contributed by atoms with van der Waals surface area (Å²) in [5, 5.41) is 0.367. The Labute approximate surface area is 106 Å². The molecule has 4 heteroatoms. The molecule has 0 heterocycles. The summed E-state index contributed by atoms with van der Waals surface area (Å²) in [5.41, 5.74) is 3.74. The number of rotatable bonds is 3. The predicted octanol–water partition coefficient (Wildman–Crippen LogP) is 3.73. The Balaban J connectivity index is 3.07. The first-order valence-electron chi connectivity index (χ1n) is 5.52. The third-order valence-corrected chi connectivity index (χ3v) is 3.51. The zero-order valence-electron chi connectivity index (χ0n) is 10.4. The molecule has 1 rings (SSSR count). The first-order valence-corrected chi connectivity index (χ1v) is 5.90. The van der Waals surface area contributed by atoms with Crippen molar-refractivity contribution in [2.75, 3.05) is 6.54 Å². The number of nitrogens with two attached hydrogens (primary N) is 1. The normalized spacial score (nSPS) is 15.7. The zero-order valence-corrected chi connectivity index (χ0v) is 11.1. The van der Waals surface area contributed by atoms with Crippen LogP contribution < -0.4 is 5.73 Å². The Hall–Kier alpha value is -0.670. The van der Waals surface area contributed by atoms with Crippen molar-refractivity contribution in [1.29, 1.82) is 0 Å². The molecule has 0 bridgehead atoms. The van der Waals surface area contributed by atoms with Gasteiger partial charge in [0.15, 0.2) is 0 Å². The summed E-state index contributed by atoms with van der Waals surface area (Å²) in [5.74, 6) is -0.419. The number of halogens is 3. The van der Waals surface area contributed by atoms with E-state index in [9.17, 15) is 8.78 Å². The molecular formula is C13H18ClF2N. The smallest absolute Gasteiger partial charge is 0.132 e. The van der Waals surface area contributed by atoms with Gasteiger partial charge < -0.3 is 5.73 Å². The van der Waals surface area contributed by atoms with E-state index in [2.05, 4.69) is 0 Å². The summed E-state index contributed by atoms with van der Waals surface area (Å²) in [6, 6.07) is 3.95. The van der Waals surface area contributed by atoms with Gasteiger partial charge in [-0.1, -0.05) is 32.4 Å². The van der Waals surface area contributed by atoms with Crippen molar-refractivity contribution < 1.29 is 8.78 Å². The Kier molecular flexibility index (Phi) is 4.15. The van der Waals surface area contributed by atoms with Crippen LogP contribution >= 0.6 is 11.6 Å². The van der Waals surface area contributed by atoms with Crippen molar-refractivity contribution in [3.8, 4) is 0 Å². The molecule has 0 amide bonds. The lowest BCUT2D eigenvalue weighted by atomic mass is 9.74. The van der Waals surface area contributed by atoms with Gasteiger partial charge in [0.05, 0.1) is 0 Å². The monoisotopic (exact) mass is 261 g/mol. The van der Waals surface area contributed by atoms with Gasteiger partial charge in [0.25, 0.3) is 0 Å². The van der Waals surface area contributed by atoms with Gasteiger partial charge in [-0.3, -0.25) is 0 Å². The first kappa shape index (κ1) is 14.4. The van der Waals surface area contributed by atoms with Crippen LogP contribution in [0.5, 0.6) is 0 Å². The van der Waals surface area contributed by atoms with Gasteiger partial charge in [-0.05, 0) is 29.2 Å². The fourth-order valence-electron chi connectivity index (χ4n) is 1.62. The van der Waals surface area contributed by atoms with E-state index in [0.717, 1.165) is 0 Å². The van der Waals surface area contributed by atoms with Gasteiger partial charge >= 0.3 is 0 Å². The summed E-state index contributed by atoms with van der Waals surface area (Å²) in [7, 11) is 0. The Morgan fingerprint density at radius 1 is 1.29 bits per heavy atom. The maximum absolute atomic E-state index is 14.7. The van der Waals surface area contributed by atoms with Crippen LogP contribution in [0.25, 0.3) is 0 Å². The highest BCUT2D eigenvalue weighted by atomic mass is 35.5.